The normalized spacial score (nSPS) is 12.2. The number of H-pyrrole nitrogens is 1. The van der Waals surface area contributed by atoms with E-state index in [9.17, 15) is 9.59 Å². The Kier molecular flexibility index (Phi) is 5.31. The smallest absolute Gasteiger partial charge is 0.338 e. The van der Waals surface area contributed by atoms with Crippen molar-refractivity contribution in [3.63, 3.8) is 0 Å². The Bertz CT molecular complexity index is 970. The lowest BCUT2D eigenvalue weighted by atomic mass is 10.0. The van der Waals surface area contributed by atoms with Crippen LogP contribution >= 0.6 is 0 Å². The number of nitrogens with one attached hydrogen (secondary N) is 1. The van der Waals surface area contributed by atoms with Gasteiger partial charge in [0.25, 0.3) is 0 Å². The summed E-state index contributed by atoms with van der Waals surface area (Å²) in [5.41, 5.74) is 2.59. The van der Waals surface area contributed by atoms with Crippen molar-refractivity contribution in [2.75, 3.05) is 0 Å². The molecule has 0 radical (unpaired) electrons. The van der Waals surface area contributed by atoms with Crippen LogP contribution in [0.4, 0.5) is 0 Å². The molecule has 0 amide bonds. The number of benzene rings is 2. The summed E-state index contributed by atoms with van der Waals surface area (Å²) in [5, 5.41) is 0.832. The molecule has 1 aromatic heterocycles. The molecule has 3 aromatic rings. The molecule has 0 aliphatic heterocycles. The Hall–Kier alpha value is -3.08. The highest BCUT2D eigenvalue weighted by atomic mass is 16.5. The molecule has 0 aliphatic rings. The molecular formula is C22H23NO4. The van der Waals surface area contributed by atoms with Crippen molar-refractivity contribution in [1.29, 1.82) is 0 Å². The van der Waals surface area contributed by atoms with Crippen molar-refractivity contribution >= 4 is 22.7 Å². The maximum atomic E-state index is 12.9. The quantitative estimate of drug-likeness (QED) is 0.508. The molecule has 3 rings (SSSR count). The maximum absolute atomic E-state index is 12.9. The second-order valence-corrected chi connectivity index (χ2v) is 6.77. The fourth-order valence-electron chi connectivity index (χ4n) is 3.02. The second-order valence-electron chi connectivity index (χ2n) is 6.77. The number of Topliss-reactive ketones (excluding diaryl/α,β-unsaturated/α-hetero) is 1. The average molecular weight is 365 g/mol. The Morgan fingerprint density at radius 1 is 0.963 bits per heavy atom. The third kappa shape index (κ3) is 4.03. The van der Waals surface area contributed by atoms with E-state index in [1.807, 2.05) is 45.0 Å². The van der Waals surface area contributed by atoms with Crippen LogP contribution in [0.2, 0.25) is 0 Å². The van der Waals surface area contributed by atoms with Gasteiger partial charge in [-0.25, -0.2) is 4.79 Å². The van der Waals surface area contributed by atoms with E-state index in [4.69, 9.17) is 9.47 Å². The van der Waals surface area contributed by atoms with Crippen LogP contribution in [0.1, 0.15) is 47.2 Å². The van der Waals surface area contributed by atoms with Gasteiger partial charge >= 0.3 is 5.97 Å². The van der Waals surface area contributed by atoms with Crippen molar-refractivity contribution < 1.29 is 19.1 Å². The highest BCUT2D eigenvalue weighted by molar-refractivity contribution is 6.11. The number of fused-ring (bicyclic) bond motifs is 1. The van der Waals surface area contributed by atoms with E-state index in [-0.39, 0.29) is 11.9 Å². The van der Waals surface area contributed by atoms with Gasteiger partial charge in [0.2, 0.25) is 5.78 Å². The SMILES string of the molecule is Cc1[nH]c2ccccc2c1C(=O)[C@H](C)OC(=O)c1ccc(OC(C)C)cc1. The minimum absolute atomic E-state index is 0.0554. The summed E-state index contributed by atoms with van der Waals surface area (Å²) < 4.78 is 11.0. The molecule has 5 heteroatoms. The Balaban J connectivity index is 1.74. The van der Waals surface area contributed by atoms with Gasteiger partial charge in [-0.1, -0.05) is 18.2 Å². The molecule has 0 saturated carbocycles. The Morgan fingerprint density at radius 3 is 2.30 bits per heavy atom. The topological polar surface area (TPSA) is 68.4 Å². The number of aromatic nitrogens is 1. The van der Waals surface area contributed by atoms with Crippen molar-refractivity contribution in [1.82, 2.24) is 4.98 Å². The molecule has 0 saturated heterocycles. The summed E-state index contributed by atoms with van der Waals surface area (Å²) in [6, 6.07) is 14.3. The van der Waals surface area contributed by atoms with Gasteiger partial charge in [0.1, 0.15) is 5.75 Å². The van der Waals surface area contributed by atoms with Crippen molar-refractivity contribution in [2.45, 2.75) is 39.9 Å². The monoisotopic (exact) mass is 365 g/mol. The molecule has 0 aliphatic carbocycles. The van der Waals surface area contributed by atoms with Gasteiger partial charge in [0.05, 0.1) is 11.7 Å². The minimum Gasteiger partial charge on any atom is -0.491 e. The number of carbonyl (C=O) groups is 2. The number of ketones is 1. The van der Waals surface area contributed by atoms with Crippen LogP contribution in [0.5, 0.6) is 5.75 Å². The molecule has 2 aromatic carbocycles. The summed E-state index contributed by atoms with van der Waals surface area (Å²) in [7, 11) is 0. The van der Waals surface area contributed by atoms with E-state index in [0.29, 0.717) is 16.9 Å². The molecular weight excluding hydrogens is 342 g/mol. The number of hydrogen-bond donors (Lipinski definition) is 1. The molecule has 0 bridgehead atoms. The number of aryl methyl sites for hydroxylation is 1. The summed E-state index contributed by atoms with van der Waals surface area (Å²) in [4.78, 5) is 28.4. The zero-order valence-corrected chi connectivity index (χ0v) is 15.9. The first-order chi connectivity index (χ1) is 12.9. The van der Waals surface area contributed by atoms with Crippen LogP contribution in [-0.2, 0) is 4.74 Å². The summed E-state index contributed by atoms with van der Waals surface area (Å²) >= 11 is 0. The van der Waals surface area contributed by atoms with Gasteiger partial charge in [-0.3, -0.25) is 4.79 Å². The first-order valence-electron chi connectivity index (χ1n) is 8.96. The van der Waals surface area contributed by atoms with E-state index >= 15 is 0 Å². The van der Waals surface area contributed by atoms with Crippen LogP contribution in [0.3, 0.4) is 0 Å². The van der Waals surface area contributed by atoms with Gasteiger partial charge < -0.3 is 14.5 Å². The van der Waals surface area contributed by atoms with Gasteiger partial charge in [0.15, 0.2) is 6.10 Å². The summed E-state index contributed by atoms with van der Waals surface area (Å²) in [5.74, 6) is -0.0809. The molecule has 5 nitrogen and oxygen atoms in total. The Labute approximate surface area is 158 Å². The van der Waals surface area contributed by atoms with E-state index in [2.05, 4.69) is 4.98 Å². The fraction of sp³-hybridized carbons (Fsp3) is 0.273. The standard InChI is InChI=1S/C22H23NO4/c1-13(2)26-17-11-9-16(10-12-17)22(25)27-15(4)21(24)20-14(3)23-19-8-6-5-7-18(19)20/h5-13,15,23H,1-4H3/t15-/m0/s1. The molecule has 1 heterocycles. The van der Waals surface area contributed by atoms with Crippen LogP contribution in [0.25, 0.3) is 10.9 Å². The number of aromatic amines is 1. The average Bonchev–Trinajstić information content (AvgIpc) is 2.96. The number of esters is 1. The van der Waals surface area contributed by atoms with Crippen LogP contribution in [0.15, 0.2) is 48.5 Å². The van der Waals surface area contributed by atoms with E-state index < -0.39 is 12.1 Å². The highest BCUT2D eigenvalue weighted by Gasteiger charge is 2.24. The molecule has 0 spiro atoms. The molecule has 0 unspecified atom stereocenters. The van der Waals surface area contributed by atoms with Gasteiger partial charge in [-0.05, 0) is 58.0 Å². The van der Waals surface area contributed by atoms with Crippen molar-refractivity contribution in [2.24, 2.45) is 0 Å². The van der Waals surface area contributed by atoms with Crippen LogP contribution < -0.4 is 4.74 Å². The zero-order valence-electron chi connectivity index (χ0n) is 15.9. The summed E-state index contributed by atoms with van der Waals surface area (Å²) in [6.07, 6.45) is -0.832. The predicted molar refractivity (Wildman–Crippen MR) is 104 cm³/mol. The summed E-state index contributed by atoms with van der Waals surface area (Å²) in [6.45, 7) is 7.30. The lowest BCUT2D eigenvalue weighted by Crippen LogP contribution is -2.24. The third-order valence-corrected chi connectivity index (χ3v) is 4.25. The molecule has 27 heavy (non-hydrogen) atoms. The second kappa shape index (κ2) is 7.66. The maximum Gasteiger partial charge on any atom is 0.338 e. The minimum atomic E-state index is -0.887. The van der Waals surface area contributed by atoms with Gasteiger partial charge in [0, 0.05) is 22.2 Å². The van der Waals surface area contributed by atoms with Crippen molar-refractivity contribution in [3.8, 4) is 5.75 Å². The lowest BCUT2D eigenvalue weighted by molar-refractivity contribution is 0.0319. The first kappa shape index (κ1) is 18.7. The fourth-order valence-corrected chi connectivity index (χ4v) is 3.02. The van der Waals surface area contributed by atoms with Gasteiger partial charge in [-0.2, -0.15) is 0 Å². The van der Waals surface area contributed by atoms with Crippen LogP contribution in [-0.4, -0.2) is 28.9 Å². The number of rotatable bonds is 6. The van der Waals surface area contributed by atoms with Gasteiger partial charge in [-0.15, -0.1) is 0 Å². The van der Waals surface area contributed by atoms with Crippen molar-refractivity contribution in [3.05, 3.63) is 65.4 Å². The molecule has 0 fully saturated rings. The number of hydrogen-bond acceptors (Lipinski definition) is 4. The largest absolute Gasteiger partial charge is 0.491 e. The third-order valence-electron chi connectivity index (χ3n) is 4.25. The molecule has 1 atom stereocenters. The first-order valence-corrected chi connectivity index (χ1v) is 8.96. The number of ether oxygens (including phenoxy) is 2. The van der Waals surface area contributed by atoms with E-state index in [1.54, 1.807) is 31.2 Å². The predicted octanol–water partition coefficient (Wildman–Crippen LogP) is 4.69. The molecule has 140 valence electrons. The van der Waals surface area contributed by atoms with Crippen LogP contribution in [0, 0.1) is 6.92 Å². The zero-order chi connectivity index (χ0) is 19.6. The van der Waals surface area contributed by atoms with E-state index in [1.165, 1.54) is 0 Å². The number of para-hydroxylation sites is 1. The number of carbonyl (C=O) groups excluding carboxylic acids is 2. The molecule has 1 N–H and O–H groups in total. The van der Waals surface area contributed by atoms with E-state index in [0.717, 1.165) is 16.6 Å². The Morgan fingerprint density at radius 2 is 1.63 bits per heavy atom. The lowest BCUT2D eigenvalue weighted by Gasteiger charge is -2.13. The highest BCUT2D eigenvalue weighted by Crippen LogP contribution is 2.24.